The molecule has 0 aromatic heterocycles. The standard InChI is InChI=1S/C11H12O3/c12-11(13)5-4-8-2-1-3-10-9(8)6-7-14-10/h1-3,6-7,9-10H,4-5H2,(H,12,13). The van der Waals surface area contributed by atoms with E-state index in [0.29, 0.717) is 6.42 Å². The predicted molar refractivity (Wildman–Crippen MR) is 51.6 cm³/mol. The number of allylic oxidation sites excluding steroid dienone is 2. The third kappa shape index (κ3) is 1.71. The zero-order chi connectivity index (χ0) is 9.97. The summed E-state index contributed by atoms with van der Waals surface area (Å²) in [7, 11) is 0. The highest BCUT2D eigenvalue weighted by Gasteiger charge is 2.27. The largest absolute Gasteiger partial charge is 0.493 e. The number of aliphatic carboxylic acids is 1. The van der Waals surface area contributed by atoms with Crippen molar-refractivity contribution < 1.29 is 14.6 Å². The minimum atomic E-state index is -0.750. The van der Waals surface area contributed by atoms with Crippen LogP contribution in [0.4, 0.5) is 0 Å². The lowest BCUT2D eigenvalue weighted by molar-refractivity contribution is -0.137. The zero-order valence-electron chi connectivity index (χ0n) is 7.72. The van der Waals surface area contributed by atoms with Crippen LogP contribution in [0.3, 0.4) is 0 Å². The molecule has 2 rings (SSSR count). The first-order valence-corrected chi connectivity index (χ1v) is 4.68. The molecule has 0 fully saturated rings. The minimum absolute atomic E-state index is 0.0868. The Bertz CT molecular complexity index is 325. The van der Waals surface area contributed by atoms with Gasteiger partial charge >= 0.3 is 5.97 Å². The molecule has 1 aliphatic carbocycles. The SMILES string of the molecule is O=C(O)CCC1=CC=CC2OC=CC12. The molecule has 0 aromatic carbocycles. The Kier molecular flexibility index (Phi) is 2.39. The molecule has 0 spiro atoms. The summed E-state index contributed by atoms with van der Waals surface area (Å²) in [5.41, 5.74) is 1.15. The molecular formula is C11H12O3. The highest BCUT2D eigenvalue weighted by atomic mass is 16.5. The summed E-state index contributed by atoms with van der Waals surface area (Å²) in [6.45, 7) is 0. The number of carbonyl (C=O) groups is 1. The van der Waals surface area contributed by atoms with Crippen LogP contribution in [0, 0.1) is 5.92 Å². The summed E-state index contributed by atoms with van der Waals surface area (Å²) < 4.78 is 5.34. The van der Waals surface area contributed by atoms with Crippen LogP contribution >= 0.6 is 0 Å². The van der Waals surface area contributed by atoms with Gasteiger partial charge in [-0.15, -0.1) is 0 Å². The van der Waals surface area contributed by atoms with Crippen molar-refractivity contribution in [2.24, 2.45) is 5.92 Å². The smallest absolute Gasteiger partial charge is 0.303 e. The van der Waals surface area contributed by atoms with E-state index in [1.807, 2.05) is 24.3 Å². The number of carboxylic acid groups (broad SMARTS) is 1. The summed E-state index contributed by atoms with van der Waals surface area (Å²) >= 11 is 0. The van der Waals surface area contributed by atoms with Crippen molar-refractivity contribution in [2.75, 3.05) is 0 Å². The molecule has 0 saturated heterocycles. The first kappa shape index (κ1) is 9.06. The van der Waals surface area contributed by atoms with Crippen molar-refractivity contribution in [3.8, 4) is 0 Å². The molecule has 0 amide bonds. The highest BCUT2D eigenvalue weighted by Crippen LogP contribution is 2.31. The van der Waals surface area contributed by atoms with Crippen molar-refractivity contribution >= 4 is 5.97 Å². The Hall–Kier alpha value is -1.51. The number of hydrogen-bond donors (Lipinski definition) is 1. The normalized spacial score (nSPS) is 28.1. The molecule has 1 heterocycles. The van der Waals surface area contributed by atoms with E-state index in [0.717, 1.165) is 5.57 Å². The van der Waals surface area contributed by atoms with E-state index in [9.17, 15) is 4.79 Å². The van der Waals surface area contributed by atoms with Crippen molar-refractivity contribution in [3.63, 3.8) is 0 Å². The molecule has 3 nitrogen and oxygen atoms in total. The first-order chi connectivity index (χ1) is 6.77. The number of ether oxygens (including phenoxy) is 1. The molecule has 0 bridgehead atoms. The maximum absolute atomic E-state index is 10.4. The number of fused-ring (bicyclic) bond motifs is 1. The van der Waals surface area contributed by atoms with Crippen molar-refractivity contribution in [1.29, 1.82) is 0 Å². The molecule has 1 N–H and O–H groups in total. The van der Waals surface area contributed by atoms with Gasteiger partial charge in [-0.3, -0.25) is 4.79 Å². The van der Waals surface area contributed by atoms with Gasteiger partial charge in [0.05, 0.1) is 6.26 Å². The van der Waals surface area contributed by atoms with Crippen molar-refractivity contribution in [3.05, 3.63) is 36.1 Å². The van der Waals surface area contributed by atoms with Gasteiger partial charge in [0.15, 0.2) is 0 Å². The molecule has 74 valence electrons. The van der Waals surface area contributed by atoms with E-state index in [-0.39, 0.29) is 18.4 Å². The number of rotatable bonds is 3. The molecule has 0 aromatic rings. The third-order valence-corrected chi connectivity index (χ3v) is 2.54. The third-order valence-electron chi connectivity index (χ3n) is 2.54. The Morgan fingerprint density at radius 3 is 3.14 bits per heavy atom. The van der Waals surface area contributed by atoms with E-state index in [4.69, 9.17) is 9.84 Å². The molecule has 14 heavy (non-hydrogen) atoms. The monoisotopic (exact) mass is 192 g/mol. The Labute approximate surface area is 82.4 Å². The van der Waals surface area contributed by atoms with Crippen LogP contribution in [0.15, 0.2) is 36.1 Å². The second kappa shape index (κ2) is 3.70. The lowest BCUT2D eigenvalue weighted by atomic mass is 9.87. The van der Waals surface area contributed by atoms with Gasteiger partial charge in [0.1, 0.15) is 6.10 Å². The topological polar surface area (TPSA) is 46.5 Å². The van der Waals surface area contributed by atoms with Crippen LogP contribution in [0.1, 0.15) is 12.8 Å². The fourth-order valence-corrected chi connectivity index (χ4v) is 1.82. The molecular weight excluding hydrogens is 180 g/mol. The van der Waals surface area contributed by atoms with E-state index < -0.39 is 5.97 Å². The molecule has 2 aliphatic rings. The van der Waals surface area contributed by atoms with E-state index in [1.54, 1.807) is 6.26 Å². The number of carboxylic acids is 1. The van der Waals surface area contributed by atoms with Gasteiger partial charge in [-0.2, -0.15) is 0 Å². The summed E-state index contributed by atoms with van der Waals surface area (Å²) in [6.07, 6.45) is 10.5. The second-order valence-corrected chi connectivity index (χ2v) is 3.48. The van der Waals surface area contributed by atoms with Gasteiger partial charge in [-0.25, -0.2) is 0 Å². The molecule has 0 saturated carbocycles. The lowest BCUT2D eigenvalue weighted by Gasteiger charge is -2.21. The summed E-state index contributed by atoms with van der Waals surface area (Å²) in [6, 6.07) is 0. The van der Waals surface area contributed by atoms with Crippen LogP contribution in [0.5, 0.6) is 0 Å². The van der Waals surface area contributed by atoms with Crippen LogP contribution in [0.25, 0.3) is 0 Å². The fraction of sp³-hybridized carbons (Fsp3) is 0.364. The van der Waals surface area contributed by atoms with Gasteiger partial charge < -0.3 is 9.84 Å². The summed E-state index contributed by atoms with van der Waals surface area (Å²) in [4.78, 5) is 10.4. The summed E-state index contributed by atoms with van der Waals surface area (Å²) in [5.74, 6) is -0.501. The Morgan fingerprint density at radius 2 is 2.36 bits per heavy atom. The molecule has 2 atom stereocenters. The van der Waals surface area contributed by atoms with E-state index in [2.05, 4.69) is 0 Å². The summed E-state index contributed by atoms with van der Waals surface area (Å²) in [5, 5.41) is 8.59. The van der Waals surface area contributed by atoms with E-state index >= 15 is 0 Å². The predicted octanol–water partition coefficient (Wildman–Crippen LogP) is 1.88. The Morgan fingerprint density at radius 1 is 1.50 bits per heavy atom. The quantitative estimate of drug-likeness (QED) is 0.742. The molecule has 2 unspecified atom stereocenters. The molecule has 0 radical (unpaired) electrons. The maximum atomic E-state index is 10.4. The van der Waals surface area contributed by atoms with Gasteiger partial charge in [-0.1, -0.05) is 17.7 Å². The fourth-order valence-electron chi connectivity index (χ4n) is 1.82. The van der Waals surface area contributed by atoms with E-state index in [1.165, 1.54) is 0 Å². The van der Waals surface area contributed by atoms with Gasteiger partial charge in [-0.05, 0) is 18.6 Å². The lowest BCUT2D eigenvalue weighted by Crippen LogP contribution is -2.18. The maximum Gasteiger partial charge on any atom is 0.303 e. The average molecular weight is 192 g/mol. The van der Waals surface area contributed by atoms with Gasteiger partial charge in [0.2, 0.25) is 0 Å². The Balaban J connectivity index is 2.02. The molecule has 3 heteroatoms. The van der Waals surface area contributed by atoms with Crippen molar-refractivity contribution in [1.82, 2.24) is 0 Å². The van der Waals surface area contributed by atoms with Crippen LogP contribution in [-0.2, 0) is 9.53 Å². The zero-order valence-corrected chi connectivity index (χ0v) is 7.72. The van der Waals surface area contributed by atoms with Crippen LogP contribution in [0.2, 0.25) is 0 Å². The van der Waals surface area contributed by atoms with Gasteiger partial charge in [0, 0.05) is 12.3 Å². The van der Waals surface area contributed by atoms with Crippen LogP contribution in [-0.4, -0.2) is 17.2 Å². The minimum Gasteiger partial charge on any atom is -0.493 e. The highest BCUT2D eigenvalue weighted by molar-refractivity contribution is 5.67. The first-order valence-electron chi connectivity index (χ1n) is 4.68. The molecule has 1 aliphatic heterocycles. The van der Waals surface area contributed by atoms with Crippen LogP contribution < -0.4 is 0 Å². The average Bonchev–Trinajstić information content (AvgIpc) is 2.62. The van der Waals surface area contributed by atoms with Gasteiger partial charge in [0.25, 0.3) is 0 Å². The van der Waals surface area contributed by atoms with Crippen molar-refractivity contribution in [2.45, 2.75) is 18.9 Å². The number of hydrogen-bond acceptors (Lipinski definition) is 2. The second-order valence-electron chi connectivity index (χ2n) is 3.48.